The van der Waals surface area contributed by atoms with Gasteiger partial charge in [-0.3, -0.25) is 4.79 Å². The molecule has 37 heavy (non-hydrogen) atoms. The molecule has 1 aliphatic heterocycles. The average Bonchev–Trinajstić information content (AvgIpc) is 3.13. The van der Waals surface area contributed by atoms with Gasteiger partial charge >= 0.3 is 0 Å². The first-order chi connectivity index (χ1) is 17.7. The Bertz CT molecular complexity index is 1630. The summed E-state index contributed by atoms with van der Waals surface area (Å²) in [5.74, 6) is -0.410. The maximum absolute atomic E-state index is 15.2. The first-order valence-electron chi connectivity index (χ1n) is 12.1. The summed E-state index contributed by atoms with van der Waals surface area (Å²) in [5, 5.41) is 0. The number of anilines is 1. The van der Waals surface area contributed by atoms with Gasteiger partial charge in [0, 0.05) is 23.2 Å². The van der Waals surface area contributed by atoms with E-state index in [0.717, 1.165) is 27.7 Å². The van der Waals surface area contributed by atoms with Crippen molar-refractivity contribution in [1.29, 1.82) is 0 Å². The Kier molecular flexibility index (Phi) is 6.36. The topological polar surface area (TPSA) is 118 Å². The third-order valence-corrected chi connectivity index (χ3v) is 8.41. The quantitative estimate of drug-likeness (QED) is 0.403. The standard InChI is InChI=1S/C27H27FN4O4S/c1-3-19-20(7-10-24(25(19)28)37(34,35)4-2)26(33)32-11-12-36-23-9-6-16(13-18(23)15-32)17-5-8-21-22(14-17)31-27(29)30-21/h5-10,13-14H,3-4,11-12,15H2,1-2H3,(H3,29,30,31). The van der Waals surface area contributed by atoms with Crippen molar-refractivity contribution in [2.75, 3.05) is 24.6 Å². The summed E-state index contributed by atoms with van der Waals surface area (Å²) in [5.41, 5.74) is 10.3. The van der Waals surface area contributed by atoms with Crippen LogP contribution in [0, 0.1) is 5.82 Å². The molecule has 1 aromatic heterocycles. The van der Waals surface area contributed by atoms with Gasteiger partial charge in [-0.1, -0.05) is 26.0 Å². The third kappa shape index (κ3) is 4.53. The Morgan fingerprint density at radius 3 is 2.65 bits per heavy atom. The maximum Gasteiger partial charge on any atom is 0.254 e. The highest BCUT2D eigenvalue weighted by atomic mass is 32.2. The number of hydrogen-bond acceptors (Lipinski definition) is 6. The van der Waals surface area contributed by atoms with E-state index in [9.17, 15) is 13.2 Å². The average molecular weight is 523 g/mol. The Hall–Kier alpha value is -3.92. The number of rotatable bonds is 5. The minimum absolute atomic E-state index is 0.103. The smallest absolute Gasteiger partial charge is 0.254 e. The van der Waals surface area contributed by atoms with Crippen molar-refractivity contribution in [3.05, 3.63) is 71.0 Å². The van der Waals surface area contributed by atoms with Crippen LogP contribution in [0.15, 0.2) is 53.4 Å². The summed E-state index contributed by atoms with van der Waals surface area (Å²) in [6.07, 6.45) is 0.186. The third-order valence-electron chi connectivity index (χ3n) is 6.67. The van der Waals surface area contributed by atoms with Crippen molar-refractivity contribution in [3.63, 3.8) is 0 Å². The van der Waals surface area contributed by atoms with Crippen LogP contribution in [0.1, 0.15) is 35.3 Å². The van der Waals surface area contributed by atoms with Crippen LogP contribution < -0.4 is 10.5 Å². The van der Waals surface area contributed by atoms with Crippen LogP contribution in [0.4, 0.5) is 10.3 Å². The maximum atomic E-state index is 15.2. The second kappa shape index (κ2) is 9.51. The highest BCUT2D eigenvalue weighted by Crippen LogP contribution is 2.32. The lowest BCUT2D eigenvalue weighted by atomic mass is 10.0. The van der Waals surface area contributed by atoms with E-state index in [-0.39, 0.29) is 47.3 Å². The molecule has 2 heterocycles. The molecule has 5 rings (SSSR count). The fraction of sp³-hybridized carbons (Fsp3) is 0.259. The van der Waals surface area contributed by atoms with Gasteiger partial charge < -0.3 is 20.4 Å². The summed E-state index contributed by atoms with van der Waals surface area (Å²) < 4.78 is 45.8. The number of H-pyrrole nitrogens is 1. The lowest BCUT2D eigenvalue weighted by Crippen LogP contribution is -2.33. The fourth-order valence-electron chi connectivity index (χ4n) is 4.67. The van der Waals surface area contributed by atoms with Crippen molar-refractivity contribution in [2.24, 2.45) is 0 Å². The second-order valence-electron chi connectivity index (χ2n) is 8.91. The molecule has 0 radical (unpaired) electrons. The molecule has 3 aromatic carbocycles. The van der Waals surface area contributed by atoms with Crippen LogP contribution in [0.2, 0.25) is 0 Å². The van der Waals surface area contributed by atoms with E-state index in [1.165, 1.54) is 19.1 Å². The number of imidazole rings is 1. The van der Waals surface area contributed by atoms with Crippen molar-refractivity contribution in [2.45, 2.75) is 31.7 Å². The van der Waals surface area contributed by atoms with Crippen molar-refractivity contribution < 1.29 is 22.3 Å². The summed E-state index contributed by atoms with van der Waals surface area (Å²) in [4.78, 5) is 22.1. The van der Waals surface area contributed by atoms with Gasteiger partial charge in [0.1, 0.15) is 23.1 Å². The Morgan fingerprint density at radius 1 is 1.14 bits per heavy atom. The highest BCUT2D eigenvalue weighted by Gasteiger charge is 2.27. The van der Waals surface area contributed by atoms with Crippen molar-refractivity contribution in [3.8, 4) is 16.9 Å². The Balaban J connectivity index is 1.48. The van der Waals surface area contributed by atoms with E-state index in [1.54, 1.807) is 11.8 Å². The van der Waals surface area contributed by atoms with Gasteiger partial charge in [0.15, 0.2) is 15.8 Å². The molecule has 1 aliphatic rings. The largest absolute Gasteiger partial charge is 0.491 e. The van der Waals surface area contributed by atoms with E-state index < -0.39 is 15.7 Å². The van der Waals surface area contributed by atoms with Crippen molar-refractivity contribution in [1.82, 2.24) is 14.9 Å². The number of aromatic nitrogens is 2. The minimum atomic E-state index is -3.75. The number of nitrogens with zero attached hydrogens (tertiary/aromatic N) is 2. The zero-order valence-corrected chi connectivity index (χ0v) is 21.4. The van der Waals surface area contributed by atoms with Crippen LogP contribution >= 0.6 is 0 Å². The van der Waals surface area contributed by atoms with Gasteiger partial charge in [-0.15, -0.1) is 0 Å². The van der Waals surface area contributed by atoms with Crippen LogP contribution in [0.3, 0.4) is 0 Å². The summed E-state index contributed by atoms with van der Waals surface area (Å²) in [6.45, 7) is 4.02. The van der Waals surface area contributed by atoms with Crippen LogP contribution in [0.5, 0.6) is 5.75 Å². The summed E-state index contributed by atoms with van der Waals surface area (Å²) in [6, 6.07) is 14.2. The zero-order chi connectivity index (χ0) is 26.3. The molecular formula is C27H27FN4O4S. The first-order valence-corrected chi connectivity index (χ1v) is 13.7. The number of nitrogen functional groups attached to an aromatic ring is 1. The number of amides is 1. The molecular weight excluding hydrogens is 495 g/mol. The lowest BCUT2D eigenvalue weighted by Gasteiger charge is -2.22. The SMILES string of the molecule is CCc1c(C(=O)N2CCOc3ccc(-c4ccc5nc(N)[nH]c5c4)cc3C2)ccc(S(=O)(=O)CC)c1F. The number of hydrogen-bond donors (Lipinski definition) is 2. The molecule has 10 heteroatoms. The minimum Gasteiger partial charge on any atom is -0.491 e. The van der Waals surface area contributed by atoms with Crippen LogP contribution in [-0.2, 0) is 22.8 Å². The van der Waals surface area contributed by atoms with E-state index in [4.69, 9.17) is 10.5 Å². The fourth-order valence-corrected chi connectivity index (χ4v) is 5.65. The van der Waals surface area contributed by atoms with Gasteiger partial charge in [0.25, 0.3) is 5.91 Å². The van der Waals surface area contributed by atoms with Gasteiger partial charge in [-0.05, 0) is 53.9 Å². The molecule has 3 N–H and O–H groups in total. The number of fused-ring (bicyclic) bond motifs is 2. The number of halogens is 1. The van der Waals surface area contributed by atoms with Gasteiger partial charge in [0.05, 0.1) is 23.3 Å². The monoisotopic (exact) mass is 522 g/mol. The summed E-state index contributed by atoms with van der Waals surface area (Å²) >= 11 is 0. The number of sulfone groups is 1. The molecule has 1 amide bonds. The molecule has 0 atom stereocenters. The molecule has 0 aliphatic carbocycles. The van der Waals surface area contributed by atoms with Gasteiger partial charge in [-0.25, -0.2) is 17.8 Å². The molecule has 0 fully saturated rings. The lowest BCUT2D eigenvalue weighted by molar-refractivity contribution is 0.0731. The second-order valence-corrected chi connectivity index (χ2v) is 11.2. The molecule has 192 valence electrons. The predicted molar refractivity (Wildman–Crippen MR) is 140 cm³/mol. The predicted octanol–water partition coefficient (Wildman–Crippen LogP) is 4.34. The number of nitrogens with one attached hydrogen (secondary N) is 1. The molecule has 0 saturated heterocycles. The number of carbonyl (C=O) groups is 1. The molecule has 4 aromatic rings. The zero-order valence-electron chi connectivity index (χ0n) is 20.5. The van der Waals surface area contributed by atoms with E-state index in [1.807, 2.05) is 36.4 Å². The molecule has 0 bridgehead atoms. The van der Waals surface area contributed by atoms with E-state index in [0.29, 0.717) is 18.2 Å². The summed E-state index contributed by atoms with van der Waals surface area (Å²) in [7, 11) is -3.75. The molecule has 0 unspecified atom stereocenters. The molecule has 8 nitrogen and oxygen atoms in total. The number of nitrogens with two attached hydrogens (primary N) is 1. The van der Waals surface area contributed by atoms with Crippen molar-refractivity contribution >= 4 is 32.7 Å². The number of carbonyl (C=O) groups excluding carboxylic acids is 1. The number of aromatic amines is 1. The van der Waals surface area contributed by atoms with Gasteiger partial charge in [0.2, 0.25) is 0 Å². The Labute approximate surface area is 214 Å². The van der Waals surface area contributed by atoms with E-state index >= 15 is 4.39 Å². The van der Waals surface area contributed by atoms with Crippen LogP contribution in [0.25, 0.3) is 22.2 Å². The molecule has 0 spiro atoms. The van der Waals surface area contributed by atoms with Gasteiger partial charge in [-0.2, -0.15) is 0 Å². The normalized spacial score (nSPS) is 13.8. The number of benzene rings is 3. The Morgan fingerprint density at radius 2 is 1.89 bits per heavy atom. The first kappa shape index (κ1) is 24.8. The van der Waals surface area contributed by atoms with E-state index in [2.05, 4.69) is 9.97 Å². The van der Waals surface area contributed by atoms with Crippen LogP contribution in [-0.4, -0.2) is 48.1 Å². The number of ether oxygens (including phenoxy) is 1. The highest BCUT2D eigenvalue weighted by molar-refractivity contribution is 7.91. The molecule has 0 saturated carbocycles.